The molecule has 25 heavy (non-hydrogen) atoms. The first-order valence-corrected chi connectivity index (χ1v) is 9.21. The Balaban J connectivity index is 0.00000312. The fourth-order valence-electron chi connectivity index (χ4n) is 2.86. The molecule has 0 atom stereocenters. The fraction of sp³-hybridized carbons (Fsp3) is 0.824. The number of ether oxygens (including phenoxy) is 1. The van der Waals surface area contributed by atoms with E-state index in [4.69, 9.17) is 9.26 Å². The fourth-order valence-corrected chi connectivity index (χ4v) is 2.86. The zero-order valence-corrected chi connectivity index (χ0v) is 17.8. The van der Waals surface area contributed by atoms with Crippen molar-refractivity contribution in [3.8, 4) is 0 Å². The Morgan fingerprint density at radius 2 is 2.00 bits per heavy atom. The van der Waals surface area contributed by atoms with E-state index in [-0.39, 0.29) is 24.0 Å². The quantitative estimate of drug-likeness (QED) is 0.202. The summed E-state index contributed by atoms with van der Waals surface area (Å²) in [5.41, 5.74) is 0. The zero-order chi connectivity index (χ0) is 17.0. The van der Waals surface area contributed by atoms with Crippen LogP contribution in [0.25, 0.3) is 0 Å². The Morgan fingerprint density at radius 3 is 2.64 bits per heavy atom. The molecular weight excluding hydrogens is 433 g/mol. The minimum absolute atomic E-state index is 0. The van der Waals surface area contributed by atoms with Crippen molar-refractivity contribution in [2.24, 2.45) is 4.99 Å². The maximum Gasteiger partial charge on any atom is 0.228 e. The highest BCUT2D eigenvalue weighted by Gasteiger charge is 2.12. The molecule has 0 aromatic carbocycles. The van der Waals surface area contributed by atoms with Crippen LogP contribution in [-0.2, 0) is 11.2 Å². The van der Waals surface area contributed by atoms with E-state index in [9.17, 15) is 0 Å². The number of hydrogen-bond donors (Lipinski definition) is 2. The van der Waals surface area contributed by atoms with Crippen LogP contribution in [0.1, 0.15) is 57.2 Å². The lowest BCUT2D eigenvalue weighted by atomic mass is 10.1. The third kappa shape index (κ3) is 9.39. The SMILES string of the molecule is CCNC(=NCCOC1CCCCCC1)NCCc1nc(C)no1.I. The van der Waals surface area contributed by atoms with Crippen molar-refractivity contribution in [2.75, 3.05) is 26.2 Å². The number of guanidine groups is 1. The molecule has 7 nitrogen and oxygen atoms in total. The molecule has 2 N–H and O–H groups in total. The number of rotatable bonds is 8. The Labute approximate surface area is 167 Å². The molecule has 0 saturated heterocycles. The third-order valence-electron chi connectivity index (χ3n) is 4.06. The van der Waals surface area contributed by atoms with Crippen molar-refractivity contribution in [3.63, 3.8) is 0 Å². The highest BCUT2D eigenvalue weighted by atomic mass is 127. The molecule has 144 valence electrons. The number of aliphatic imine (C=N–C) groups is 1. The van der Waals surface area contributed by atoms with Gasteiger partial charge < -0.3 is 19.9 Å². The molecule has 2 rings (SSSR count). The lowest BCUT2D eigenvalue weighted by Gasteiger charge is -2.15. The molecule has 1 saturated carbocycles. The molecule has 1 aliphatic rings. The van der Waals surface area contributed by atoms with Gasteiger partial charge in [-0.3, -0.25) is 4.99 Å². The smallest absolute Gasteiger partial charge is 0.228 e. The van der Waals surface area contributed by atoms with E-state index in [0.717, 1.165) is 12.5 Å². The normalized spacial score (nSPS) is 16.2. The largest absolute Gasteiger partial charge is 0.376 e. The van der Waals surface area contributed by atoms with Gasteiger partial charge in [0, 0.05) is 19.5 Å². The predicted molar refractivity (Wildman–Crippen MR) is 110 cm³/mol. The van der Waals surface area contributed by atoms with E-state index in [1.165, 1.54) is 38.5 Å². The van der Waals surface area contributed by atoms with Gasteiger partial charge in [-0.1, -0.05) is 30.8 Å². The summed E-state index contributed by atoms with van der Waals surface area (Å²) in [5, 5.41) is 10.3. The Kier molecular flexibility index (Phi) is 11.8. The summed E-state index contributed by atoms with van der Waals surface area (Å²) in [6.45, 7) is 6.77. The first-order valence-electron chi connectivity index (χ1n) is 9.21. The van der Waals surface area contributed by atoms with Gasteiger partial charge in [-0.25, -0.2) is 0 Å². The molecule has 1 aromatic heterocycles. The Bertz CT molecular complexity index is 487. The summed E-state index contributed by atoms with van der Waals surface area (Å²) >= 11 is 0. The number of aryl methyl sites for hydroxylation is 1. The number of nitrogens with zero attached hydrogens (tertiary/aromatic N) is 3. The van der Waals surface area contributed by atoms with E-state index in [1.807, 2.05) is 6.92 Å². The summed E-state index contributed by atoms with van der Waals surface area (Å²) in [6, 6.07) is 0. The van der Waals surface area contributed by atoms with Crippen LogP contribution in [0, 0.1) is 6.92 Å². The summed E-state index contributed by atoms with van der Waals surface area (Å²) in [5.74, 6) is 2.12. The lowest BCUT2D eigenvalue weighted by Crippen LogP contribution is -2.38. The van der Waals surface area contributed by atoms with Gasteiger partial charge in [0.1, 0.15) is 0 Å². The molecule has 0 bridgehead atoms. The van der Waals surface area contributed by atoms with Crippen LogP contribution in [0.15, 0.2) is 9.52 Å². The van der Waals surface area contributed by atoms with Crippen molar-refractivity contribution in [1.29, 1.82) is 0 Å². The summed E-state index contributed by atoms with van der Waals surface area (Å²) in [4.78, 5) is 8.75. The second-order valence-electron chi connectivity index (χ2n) is 6.16. The number of nitrogens with one attached hydrogen (secondary N) is 2. The second-order valence-corrected chi connectivity index (χ2v) is 6.16. The van der Waals surface area contributed by atoms with Gasteiger partial charge in [0.25, 0.3) is 0 Å². The predicted octanol–water partition coefficient (Wildman–Crippen LogP) is 2.83. The van der Waals surface area contributed by atoms with Crippen LogP contribution in [0.2, 0.25) is 0 Å². The van der Waals surface area contributed by atoms with Gasteiger partial charge >= 0.3 is 0 Å². The van der Waals surface area contributed by atoms with Crippen molar-refractivity contribution in [3.05, 3.63) is 11.7 Å². The molecule has 0 radical (unpaired) electrons. The Morgan fingerprint density at radius 1 is 1.24 bits per heavy atom. The first-order chi connectivity index (χ1) is 11.8. The highest BCUT2D eigenvalue weighted by Crippen LogP contribution is 2.19. The van der Waals surface area contributed by atoms with Crippen molar-refractivity contribution >= 4 is 29.9 Å². The molecule has 1 aliphatic carbocycles. The van der Waals surface area contributed by atoms with Crippen LogP contribution in [0.4, 0.5) is 0 Å². The van der Waals surface area contributed by atoms with Gasteiger partial charge in [-0.2, -0.15) is 4.98 Å². The molecule has 0 spiro atoms. The van der Waals surface area contributed by atoms with Crippen molar-refractivity contribution < 1.29 is 9.26 Å². The molecule has 1 heterocycles. The van der Waals surface area contributed by atoms with E-state index in [0.29, 0.717) is 43.9 Å². The molecule has 0 amide bonds. The third-order valence-corrected chi connectivity index (χ3v) is 4.06. The summed E-state index contributed by atoms with van der Waals surface area (Å²) in [7, 11) is 0. The zero-order valence-electron chi connectivity index (χ0n) is 15.4. The van der Waals surface area contributed by atoms with Crippen LogP contribution >= 0.6 is 24.0 Å². The first kappa shape index (κ1) is 22.1. The lowest BCUT2D eigenvalue weighted by molar-refractivity contribution is 0.0487. The monoisotopic (exact) mass is 465 g/mol. The molecule has 0 unspecified atom stereocenters. The average molecular weight is 465 g/mol. The second kappa shape index (κ2) is 13.3. The Hall–Kier alpha value is -0.900. The van der Waals surface area contributed by atoms with E-state index < -0.39 is 0 Å². The van der Waals surface area contributed by atoms with Gasteiger partial charge in [-0.15, -0.1) is 24.0 Å². The van der Waals surface area contributed by atoms with Crippen LogP contribution in [0.3, 0.4) is 0 Å². The van der Waals surface area contributed by atoms with E-state index >= 15 is 0 Å². The van der Waals surface area contributed by atoms with Crippen LogP contribution in [-0.4, -0.2) is 48.4 Å². The van der Waals surface area contributed by atoms with Crippen LogP contribution < -0.4 is 10.6 Å². The van der Waals surface area contributed by atoms with Gasteiger partial charge in [0.05, 0.1) is 19.3 Å². The maximum atomic E-state index is 5.97. The molecule has 0 aliphatic heterocycles. The average Bonchev–Trinajstić information content (AvgIpc) is 2.83. The number of hydrogen-bond acceptors (Lipinski definition) is 5. The van der Waals surface area contributed by atoms with Crippen molar-refractivity contribution in [1.82, 2.24) is 20.8 Å². The van der Waals surface area contributed by atoms with Crippen LogP contribution in [0.5, 0.6) is 0 Å². The number of aromatic nitrogens is 2. The van der Waals surface area contributed by atoms with Gasteiger partial charge in [0.15, 0.2) is 11.8 Å². The molecule has 1 fully saturated rings. The van der Waals surface area contributed by atoms with E-state index in [2.05, 4.69) is 32.7 Å². The maximum absolute atomic E-state index is 5.97. The standard InChI is InChI=1S/C17H31N5O2.HI/c1-3-18-17(19-11-10-16-21-14(2)22-24-16)20-12-13-23-15-8-6-4-5-7-9-15;/h15H,3-13H2,1-2H3,(H2,18,19,20);1H. The molecule has 1 aromatic rings. The topological polar surface area (TPSA) is 84.6 Å². The number of halogens is 1. The van der Waals surface area contributed by atoms with Gasteiger partial charge in [-0.05, 0) is 26.7 Å². The minimum Gasteiger partial charge on any atom is -0.376 e. The minimum atomic E-state index is 0. The highest BCUT2D eigenvalue weighted by molar-refractivity contribution is 14.0. The molecular formula is C17H32IN5O2. The summed E-state index contributed by atoms with van der Waals surface area (Å²) in [6.07, 6.45) is 8.82. The van der Waals surface area contributed by atoms with Gasteiger partial charge in [0.2, 0.25) is 5.89 Å². The van der Waals surface area contributed by atoms with E-state index in [1.54, 1.807) is 0 Å². The molecule has 8 heteroatoms. The van der Waals surface area contributed by atoms with Crippen molar-refractivity contribution in [2.45, 2.75) is 64.9 Å². The summed E-state index contributed by atoms with van der Waals surface area (Å²) < 4.78 is 11.1.